The van der Waals surface area contributed by atoms with Crippen LogP contribution >= 0.6 is 0 Å². The molecule has 0 amide bonds. The summed E-state index contributed by atoms with van der Waals surface area (Å²) in [5.74, 6) is 0.906. The van der Waals surface area contributed by atoms with E-state index in [9.17, 15) is 4.79 Å². The normalized spacial score (nSPS) is 11.5. The van der Waals surface area contributed by atoms with Gasteiger partial charge in [-0.25, -0.2) is 0 Å². The smallest absolute Gasteiger partial charge is 0.162 e. The van der Waals surface area contributed by atoms with Gasteiger partial charge >= 0.3 is 0 Å². The zero-order valence-corrected chi connectivity index (χ0v) is 10.8. The first-order chi connectivity index (χ1) is 7.93. The number of nitrogens with one attached hydrogen (secondary N) is 1. The summed E-state index contributed by atoms with van der Waals surface area (Å²) in [6.45, 7) is 5.69. The highest BCUT2D eigenvalue weighted by Crippen LogP contribution is 2.16. The zero-order valence-electron chi connectivity index (χ0n) is 10.8. The highest BCUT2D eigenvalue weighted by molar-refractivity contribution is 5.94. The van der Waals surface area contributed by atoms with Gasteiger partial charge in [-0.2, -0.15) is 0 Å². The van der Waals surface area contributed by atoms with Crippen molar-refractivity contribution in [3.05, 3.63) is 36.5 Å². The van der Waals surface area contributed by atoms with Gasteiger partial charge in [0.15, 0.2) is 5.78 Å². The molecule has 0 saturated carbocycles. The molecule has 92 valence electrons. The van der Waals surface area contributed by atoms with Crippen LogP contribution in [-0.2, 0) is 4.79 Å². The van der Waals surface area contributed by atoms with Crippen molar-refractivity contribution in [2.75, 3.05) is 12.4 Å². The number of carbonyl (C=O) groups excluding carboxylic acids is 1. The maximum absolute atomic E-state index is 11.6. The number of hydrogen-bond donors (Lipinski definition) is 1. The summed E-state index contributed by atoms with van der Waals surface area (Å²) in [5.41, 5.74) is 0.585. The Morgan fingerprint density at radius 3 is 2.29 bits per heavy atom. The van der Waals surface area contributed by atoms with E-state index in [0.29, 0.717) is 0 Å². The minimum atomic E-state index is -0.335. The first-order valence-electron chi connectivity index (χ1n) is 5.55. The van der Waals surface area contributed by atoms with Gasteiger partial charge in [0.2, 0.25) is 0 Å². The fourth-order valence-corrected chi connectivity index (χ4v) is 1.15. The molecule has 0 fully saturated rings. The third kappa shape index (κ3) is 4.31. The van der Waals surface area contributed by atoms with Gasteiger partial charge in [0.1, 0.15) is 5.75 Å². The predicted molar refractivity (Wildman–Crippen MR) is 70.2 cm³/mol. The SMILES string of the molecule is COc1ccc(N/C=C/C(=O)C(C)(C)C)cc1. The van der Waals surface area contributed by atoms with Gasteiger partial charge in [0.25, 0.3) is 0 Å². The Balaban J connectivity index is 2.55. The summed E-state index contributed by atoms with van der Waals surface area (Å²) >= 11 is 0. The Morgan fingerprint density at radius 2 is 1.82 bits per heavy atom. The highest BCUT2D eigenvalue weighted by Gasteiger charge is 2.17. The van der Waals surface area contributed by atoms with E-state index in [2.05, 4.69) is 5.32 Å². The summed E-state index contributed by atoms with van der Waals surface area (Å²) in [4.78, 5) is 11.6. The van der Waals surface area contributed by atoms with Crippen LogP contribution in [0.2, 0.25) is 0 Å². The van der Waals surface area contributed by atoms with Crippen LogP contribution in [0.3, 0.4) is 0 Å². The fourth-order valence-electron chi connectivity index (χ4n) is 1.15. The van der Waals surface area contributed by atoms with Gasteiger partial charge in [0, 0.05) is 17.3 Å². The molecule has 0 bridgehead atoms. The number of rotatable bonds is 4. The molecular formula is C14H19NO2. The van der Waals surface area contributed by atoms with Crippen LogP contribution in [0.5, 0.6) is 5.75 Å². The summed E-state index contributed by atoms with van der Waals surface area (Å²) in [6, 6.07) is 7.51. The number of ether oxygens (including phenoxy) is 1. The van der Waals surface area contributed by atoms with Gasteiger partial charge in [-0.3, -0.25) is 4.79 Å². The van der Waals surface area contributed by atoms with E-state index in [1.54, 1.807) is 19.4 Å². The zero-order chi connectivity index (χ0) is 12.9. The average Bonchev–Trinajstić information content (AvgIpc) is 2.28. The second-order valence-electron chi connectivity index (χ2n) is 4.82. The standard InChI is InChI=1S/C14H19NO2/c1-14(2,3)13(16)9-10-15-11-5-7-12(17-4)8-6-11/h5-10,15H,1-4H3/b10-9+. The average molecular weight is 233 g/mol. The van der Waals surface area contributed by atoms with Crippen LogP contribution in [0.4, 0.5) is 5.69 Å². The van der Waals surface area contributed by atoms with E-state index in [1.165, 1.54) is 0 Å². The molecule has 0 aliphatic carbocycles. The lowest BCUT2D eigenvalue weighted by molar-refractivity contribution is -0.121. The maximum Gasteiger partial charge on any atom is 0.162 e. The number of anilines is 1. The third-order valence-electron chi connectivity index (χ3n) is 2.31. The summed E-state index contributed by atoms with van der Waals surface area (Å²) in [7, 11) is 1.63. The Kier molecular flexibility index (Phi) is 4.32. The van der Waals surface area contributed by atoms with Crippen molar-refractivity contribution in [1.82, 2.24) is 0 Å². The number of ketones is 1. The molecule has 0 spiro atoms. The molecule has 3 heteroatoms. The second-order valence-corrected chi connectivity index (χ2v) is 4.82. The van der Waals surface area contributed by atoms with Crippen LogP contribution in [0.15, 0.2) is 36.5 Å². The molecule has 17 heavy (non-hydrogen) atoms. The largest absolute Gasteiger partial charge is 0.497 e. The molecule has 3 nitrogen and oxygen atoms in total. The summed E-state index contributed by atoms with van der Waals surface area (Å²) in [6.07, 6.45) is 3.22. The summed E-state index contributed by atoms with van der Waals surface area (Å²) < 4.78 is 5.06. The Morgan fingerprint density at radius 1 is 1.24 bits per heavy atom. The minimum absolute atomic E-state index is 0.0958. The molecule has 0 aliphatic rings. The Bertz CT molecular complexity index is 399. The lowest BCUT2D eigenvalue weighted by Gasteiger charge is -2.13. The molecule has 0 heterocycles. The Hall–Kier alpha value is -1.77. The predicted octanol–water partition coefficient (Wildman–Crippen LogP) is 3.24. The molecule has 0 atom stereocenters. The lowest BCUT2D eigenvalue weighted by atomic mass is 9.91. The van der Waals surface area contributed by atoms with Crippen molar-refractivity contribution in [3.63, 3.8) is 0 Å². The molecule has 0 aromatic heterocycles. The number of benzene rings is 1. The van der Waals surface area contributed by atoms with Crippen LogP contribution in [-0.4, -0.2) is 12.9 Å². The van der Waals surface area contributed by atoms with Gasteiger partial charge < -0.3 is 10.1 Å². The first-order valence-corrected chi connectivity index (χ1v) is 5.55. The summed E-state index contributed by atoms with van der Waals surface area (Å²) in [5, 5.41) is 3.04. The van der Waals surface area contributed by atoms with E-state index in [1.807, 2.05) is 45.0 Å². The second kappa shape index (κ2) is 5.53. The van der Waals surface area contributed by atoms with E-state index >= 15 is 0 Å². The maximum atomic E-state index is 11.6. The van der Waals surface area contributed by atoms with Gasteiger partial charge in [-0.05, 0) is 30.3 Å². The lowest BCUT2D eigenvalue weighted by Crippen LogP contribution is -2.17. The van der Waals surface area contributed by atoms with Crippen molar-refractivity contribution in [3.8, 4) is 5.75 Å². The molecule has 0 aliphatic heterocycles. The van der Waals surface area contributed by atoms with Crippen LogP contribution in [0, 0.1) is 5.41 Å². The fraction of sp³-hybridized carbons (Fsp3) is 0.357. The molecule has 1 rings (SSSR count). The molecule has 0 radical (unpaired) electrons. The number of allylic oxidation sites excluding steroid dienone is 1. The van der Waals surface area contributed by atoms with Crippen LogP contribution < -0.4 is 10.1 Å². The highest BCUT2D eigenvalue weighted by atomic mass is 16.5. The van der Waals surface area contributed by atoms with Crippen molar-refractivity contribution in [2.45, 2.75) is 20.8 Å². The number of methoxy groups -OCH3 is 1. The number of hydrogen-bond acceptors (Lipinski definition) is 3. The molecular weight excluding hydrogens is 214 g/mol. The topological polar surface area (TPSA) is 38.3 Å². The monoisotopic (exact) mass is 233 g/mol. The van der Waals surface area contributed by atoms with Crippen LogP contribution in [0.25, 0.3) is 0 Å². The third-order valence-corrected chi connectivity index (χ3v) is 2.31. The van der Waals surface area contributed by atoms with E-state index in [4.69, 9.17) is 4.74 Å². The molecule has 0 unspecified atom stereocenters. The van der Waals surface area contributed by atoms with E-state index < -0.39 is 0 Å². The van der Waals surface area contributed by atoms with Crippen molar-refractivity contribution in [1.29, 1.82) is 0 Å². The first kappa shape index (κ1) is 13.3. The molecule has 1 N–H and O–H groups in total. The van der Waals surface area contributed by atoms with Crippen molar-refractivity contribution in [2.24, 2.45) is 5.41 Å². The Labute approximate surface area is 102 Å². The minimum Gasteiger partial charge on any atom is -0.497 e. The van der Waals surface area contributed by atoms with Crippen LogP contribution in [0.1, 0.15) is 20.8 Å². The van der Waals surface area contributed by atoms with E-state index in [0.717, 1.165) is 11.4 Å². The van der Waals surface area contributed by atoms with Gasteiger partial charge in [0.05, 0.1) is 7.11 Å². The quantitative estimate of drug-likeness (QED) is 0.811. The van der Waals surface area contributed by atoms with Crippen molar-refractivity contribution < 1.29 is 9.53 Å². The number of carbonyl (C=O) groups is 1. The van der Waals surface area contributed by atoms with E-state index in [-0.39, 0.29) is 11.2 Å². The molecule has 0 saturated heterocycles. The molecule has 1 aromatic carbocycles. The van der Waals surface area contributed by atoms with Gasteiger partial charge in [-0.15, -0.1) is 0 Å². The molecule has 1 aromatic rings. The van der Waals surface area contributed by atoms with Crippen molar-refractivity contribution >= 4 is 11.5 Å². The van der Waals surface area contributed by atoms with Gasteiger partial charge in [-0.1, -0.05) is 20.8 Å².